The lowest BCUT2D eigenvalue weighted by Gasteiger charge is -2.10. The maximum atomic E-state index is 11.6. The van der Waals surface area contributed by atoms with E-state index in [2.05, 4.69) is 5.32 Å². The van der Waals surface area contributed by atoms with Crippen molar-refractivity contribution < 1.29 is 9.59 Å². The van der Waals surface area contributed by atoms with Gasteiger partial charge in [-0.1, -0.05) is 0 Å². The van der Waals surface area contributed by atoms with Crippen molar-refractivity contribution in [2.24, 2.45) is 0 Å². The lowest BCUT2D eigenvalue weighted by Crippen LogP contribution is -2.20. The molecule has 1 heterocycles. The highest BCUT2D eigenvalue weighted by atomic mass is 16.2. The van der Waals surface area contributed by atoms with Crippen LogP contribution in [-0.4, -0.2) is 32.3 Å². The van der Waals surface area contributed by atoms with Crippen molar-refractivity contribution >= 4 is 17.4 Å². The molecule has 84 valence electrons. The molecule has 0 unspecified atom stereocenters. The number of likely N-dealkylation sites (N-methyl/N-ethyl adjacent to an activating group) is 2. The van der Waals surface area contributed by atoms with Gasteiger partial charge < -0.3 is 10.2 Å². The molecule has 2 rings (SSSR count). The van der Waals surface area contributed by atoms with Crippen LogP contribution >= 0.6 is 0 Å². The Labute approximate surface area is 94.2 Å². The maximum Gasteiger partial charge on any atom is 0.231 e. The Hall–Kier alpha value is -1.68. The summed E-state index contributed by atoms with van der Waals surface area (Å²) in [4.78, 5) is 24.7. The fraction of sp³-hybridized carbons (Fsp3) is 0.333. The lowest BCUT2D eigenvalue weighted by molar-refractivity contribution is -0.117. The van der Waals surface area contributed by atoms with Crippen molar-refractivity contribution in [2.45, 2.75) is 6.42 Å². The number of fused-ring (bicyclic) bond motifs is 1. The van der Waals surface area contributed by atoms with E-state index in [0.29, 0.717) is 18.5 Å². The van der Waals surface area contributed by atoms with Gasteiger partial charge in [-0.15, -0.1) is 0 Å². The van der Waals surface area contributed by atoms with E-state index in [1.54, 1.807) is 25.1 Å². The van der Waals surface area contributed by atoms with E-state index < -0.39 is 0 Å². The molecule has 0 saturated heterocycles. The summed E-state index contributed by atoms with van der Waals surface area (Å²) in [7, 11) is 3.49. The zero-order valence-corrected chi connectivity index (χ0v) is 9.41. The number of hydrogen-bond donors (Lipinski definition) is 1. The SMILES string of the molecule is CNCC(=O)c1ccc2c(c1)CC(=O)N2C. The number of anilines is 1. The predicted molar refractivity (Wildman–Crippen MR) is 61.8 cm³/mol. The number of benzene rings is 1. The van der Waals surface area contributed by atoms with E-state index in [1.807, 2.05) is 12.1 Å². The van der Waals surface area contributed by atoms with E-state index in [0.717, 1.165) is 11.3 Å². The fourth-order valence-electron chi connectivity index (χ4n) is 1.91. The Morgan fingerprint density at radius 3 is 2.94 bits per heavy atom. The van der Waals surface area contributed by atoms with Crippen LogP contribution in [0.5, 0.6) is 0 Å². The van der Waals surface area contributed by atoms with Crippen LogP contribution < -0.4 is 10.2 Å². The number of amides is 1. The zero-order valence-electron chi connectivity index (χ0n) is 9.41. The monoisotopic (exact) mass is 218 g/mol. The first kappa shape index (κ1) is 10.8. The van der Waals surface area contributed by atoms with Crippen LogP contribution in [0.1, 0.15) is 15.9 Å². The van der Waals surface area contributed by atoms with E-state index in [1.165, 1.54) is 0 Å². The van der Waals surface area contributed by atoms with Crippen LogP contribution in [0, 0.1) is 0 Å². The van der Waals surface area contributed by atoms with Gasteiger partial charge >= 0.3 is 0 Å². The molecule has 0 radical (unpaired) electrons. The second kappa shape index (κ2) is 4.06. The summed E-state index contributed by atoms with van der Waals surface area (Å²) in [6.07, 6.45) is 0.395. The summed E-state index contributed by atoms with van der Waals surface area (Å²) >= 11 is 0. The van der Waals surface area contributed by atoms with Gasteiger partial charge in [-0.25, -0.2) is 0 Å². The fourth-order valence-corrected chi connectivity index (χ4v) is 1.91. The quantitative estimate of drug-likeness (QED) is 0.756. The van der Waals surface area contributed by atoms with Crippen LogP contribution in [0.3, 0.4) is 0 Å². The third-order valence-corrected chi connectivity index (χ3v) is 2.82. The molecule has 1 amide bonds. The second-order valence-corrected chi connectivity index (χ2v) is 3.93. The van der Waals surface area contributed by atoms with Crippen molar-refractivity contribution in [1.82, 2.24) is 5.32 Å². The number of carbonyl (C=O) groups is 2. The molecule has 4 nitrogen and oxygen atoms in total. The molecule has 0 spiro atoms. The van der Waals surface area contributed by atoms with Gasteiger partial charge in [0, 0.05) is 18.3 Å². The van der Waals surface area contributed by atoms with Crippen LogP contribution in [0.2, 0.25) is 0 Å². The standard InChI is InChI=1S/C12H14N2O2/c1-13-7-11(15)8-3-4-10-9(5-8)6-12(16)14(10)2/h3-5,13H,6-7H2,1-2H3. The second-order valence-electron chi connectivity index (χ2n) is 3.93. The minimum absolute atomic E-state index is 0.0484. The van der Waals surface area contributed by atoms with Crippen LogP contribution in [0.15, 0.2) is 18.2 Å². The zero-order chi connectivity index (χ0) is 11.7. The minimum Gasteiger partial charge on any atom is -0.315 e. The van der Waals surface area contributed by atoms with Gasteiger partial charge in [-0.05, 0) is 30.8 Å². The summed E-state index contributed by atoms with van der Waals surface area (Å²) in [6.45, 7) is 0.322. The van der Waals surface area contributed by atoms with Gasteiger partial charge in [0.25, 0.3) is 0 Å². The summed E-state index contributed by atoms with van der Waals surface area (Å²) < 4.78 is 0. The highest BCUT2D eigenvalue weighted by Gasteiger charge is 2.24. The maximum absolute atomic E-state index is 11.6. The van der Waals surface area contributed by atoms with Crippen molar-refractivity contribution in [2.75, 3.05) is 25.5 Å². The van der Waals surface area contributed by atoms with Crippen LogP contribution in [-0.2, 0) is 11.2 Å². The molecular weight excluding hydrogens is 204 g/mol. The van der Waals surface area contributed by atoms with E-state index in [-0.39, 0.29) is 11.7 Å². The number of ketones is 1. The average Bonchev–Trinajstić information content (AvgIpc) is 2.55. The van der Waals surface area contributed by atoms with Gasteiger partial charge in [0.15, 0.2) is 5.78 Å². The first-order valence-corrected chi connectivity index (χ1v) is 5.20. The highest BCUT2D eigenvalue weighted by molar-refractivity contribution is 6.03. The molecule has 1 aromatic rings. The number of nitrogens with zero attached hydrogens (tertiary/aromatic N) is 1. The number of nitrogens with one attached hydrogen (secondary N) is 1. The number of carbonyl (C=O) groups excluding carboxylic acids is 2. The third-order valence-electron chi connectivity index (χ3n) is 2.82. The first-order chi connectivity index (χ1) is 7.63. The summed E-state index contributed by atoms with van der Waals surface area (Å²) in [6, 6.07) is 5.42. The number of hydrogen-bond acceptors (Lipinski definition) is 3. The predicted octanol–water partition coefficient (Wildman–Crippen LogP) is 0.608. The summed E-state index contributed by atoms with van der Waals surface area (Å²) in [5, 5.41) is 2.82. The van der Waals surface area contributed by atoms with Crippen molar-refractivity contribution in [3.05, 3.63) is 29.3 Å². The Bertz CT molecular complexity index is 454. The Kier molecular flexibility index (Phi) is 2.75. The Balaban J connectivity index is 2.32. The molecule has 1 aromatic carbocycles. The van der Waals surface area contributed by atoms with Gasteiger partial charge in [0.2, 0.25) is 5.91 Å². The van der Waals surface area contributed by atoms with E-state index >= 15 is 0 Å². The van der Waals surface area contributed by atoms with Crippen molar-refractivity contribution in [3.8, 4) is 0 Å². The largest absolute Gasteiger partial charge is 0.315 e. The molecule has 4 heteroatoms. The van der Waals surface area contributed by atoms with Crippen LogP contribution in [0.25, 0.3) is 0 Å². The molecule has 1 aliphatic rings. The molecule has 0 bridgehead atoms. The lowest BCUT2D eigenvalue weighted by atomic mass is 10.1. The number of rotatable bonds is 3. The minimum atomic E-state index is 0.0484. The van der Waals surface area contributed by atoms with Crippen molar-refractivity contribution in [1.29, 1.82) is 0 Å². The molecular formula is C12H14N2O2. The Morgan fingerprint density at radius 2 is 2.25 bits per heavy atom. The molecule has 0 fully saturated rings. The molecule has 1 aliphatic heterocycles. The average molecular weight is 218 g/mol. The third kappa shape index (κ3) is 1.72. The Morgan fingerprint density at radius 1 is 1.50 bits per heavy atom. The topological polar surface area (TPSA) is 49.4 Å². The molecule has 0 saturated carbocycles. The molecule has 16 heavy (non-hydrogen) atoms. The smallest absolute Gasteiger partial charge is 0.231 e. The molecule has 0 aliphatic carbocycles. The van der Waals surface area contributed by atoms with Crippen molar-refractivity contribution in [3.63, 3.8) is 0 Å². The van der Waals surface area contributed by atoms with Gasteiger partial charge in [0.1, 0.15) is 0 Å². The molecule has 0 atom stereocenters. The van der Waals surface area contributed by atoms with Gasteiger partial charge in [-0.2, -0.15) is 0 Å². The van der Waals surface area contributed by atoms with Gasteiger partial charge in [-0.3, -0.25) is 9.59 Å². The summed E-state index contributed by atoms with van der Waals surface area (Å²) in [5.41, 5.74) is 2.51. The van der Waals surface area contributed by atoms with Crippen LogP contribution in [0.4, 0.5) is 5.69 Å². The number of Topliss-reactive ketones (excluding diaryl/α,β-unsaturated/α-hetero) is 1. The first-order valence-electron chi connectivity index (χ1n) is 5.20. The van der Waals surface area contributed by atoms with E-state index in [9.17, 15) is 9.59 Å². The molecule has 0 aromatic heterocycles. The highest BCUT2D eigenvalue weighted by Crippen LogP contribution is 2.28. The normalized spacial score (nSPS) is 14.1. The van der Waals surface area contributed by atoms with Gasteiger partial charge in [0.05, 0.1) is 13.0 Å². The molecule has 1 N–H and O–H groups in total. The summed E-state index contributed by atoms with van der Waals surface area (Å²) in [5.74, 6) is 0.125. The van der Waals surface area contributed by atoms with E-state index in [4.69, 9.17) is 0 Å².